The number of piperazine rings is 1. The predicted molar refractivity (Wildman–Crippen MR) is 218 cm³/mol. The van der Waals surface area contributed by atoms with Crippen molar-refractivity contribution in [1.29, 1.82) is 0 Å². The summed E-state index contributed by atoms with van der Waals surface area (Å²) < 4.78 is 66.6. The summed E-state index contributed by atoms with van der Waals surface area (Å²) in [6, 6.07) is 11.5. The van der Waals surface area contributed by atoms with Crippen molar-refractivity contribution in [3.8, 4) is 5.75 Å². The molecule has 0 radical (unpaired) electrons. The van der Waals surface area contributed by atoms with Crippen molar-refractivity contribution in [3.63, 3.8) is 0 Å². The molecule has 3 aliphatic heterocycles. The number of carbonyl (C=O) groups is 1. The van der Waals surface area contributed by atoms with Crippen molar-refractivity contribution in [2.24, 2.45) is 17.8 Å². The summed E-state index contributed by atoms with van der Waals surface area (Å²) in [5, 5.41) is -0.0904. The molecular formula is C41H57ClN4O7S2. The summed E-state index contributed by atoms with van der Waals surface area (Å²) >= 11 is 6.50. The molecule has 5 aliphatic rings. The van der Waals surface area contributed by atoms with E-state index in [0.717, 1.165) is 75.5 Å². The Morgan fingerprint density at radius 1 is 1.05 bits per heavy atom. The largest absolute Gasteiger partial charge is 0.490 e. The Labute approximate surface area is 332 Å². The van der Waals surface area contributed by atoms with Gasteiger partial charge in [0.05, 0.1) is 23.3 Å². The van der Waals surface area contributed by atoms with Crippen molar-refractivity contribution in [3.05, 3.63) is 70.3 Å². The highest BCUT2D eigenvalue weighted by atomic mass is 35.5. The first-order chi connectivity index (χ1) is 26.1. The molecule has 1 saturated carbocycles. The van der Waals surface area contributed by atoms with Crippen LogP contribution in [0.1, 0.15) is 67.4 Å². The van der Waals surface area contributed by atoms with Gasteiger partial charge in [0.25, 0.3) is 5.91 Å². The smallest absolute Gasteiger partial charge is 0.264 e. The van der Waals surface area contributed by atoms with Crippen LogP contribution in [0, 0.1) is 17.8 Å². The summed E-state index contributed by atoms with van der Waals surface area (Å²) in [4.78, 5) is 20.7. The summed E-state index contributed by atoms with van der Waals surface area (Å²) in [5.74, 6) is 0.401. The van der Waals surface area contributed by atoms with Crippen LogP contribution in [0.5, 0.6) is 5.75 Å². The lowest BCUT2D eigenvalue weighted by Gasteiger charge is -2.52. The quantitative estimate of drug-likeness (QED) is 0.402. The highest BCUT2D eigenvalue weighted by Gasteiger charge is 2.50. The number of allylic oxidation sites excluding steroid dienone is 1. The molecule has 0 unspecified atom stereocenters. The van der Waals surface area contributed by atoms with E-state index in [-0.39, 0.29) is 34.5 Å². The molecule has 2 fully saturated rings. The first kappa shape index (κ1) is 40.5. The van der Waals surface area contributed by atoms with Crippen LogP contribution < -0.4 is 14.4 Å². The second-order valence-electron chi connectivity index (χ2n) is 16.9. The van der Waals surface area contributed by atoms with E-state index in [4.69, 9.17) is 21.1 Å². The zero-order valence-corrected chi connectivity index (χ0v) is 35.0. The number of anilines is 1. The molecule has 6 atom stereocenters. The number of sulfone groups is 1. The molecule has 0 aromatic heterocycles. The highest BCUT2D eigenvalue weighted by molar-refractivity contribution is 7.90. The van der Waals surface area contributed by atoms with Gasteiger partial charge in [-0.1, -0.05) is 36.7 Å². The number of rotatable bonds is 6. The number of benzene rings is 2. The summed E-state index contributed by atoms with van der Waals surface area (Å²) in [5.41, 5.74) is 2.66. The van der Waals surface area contributed by atoms with E-state index in [1.54, 1.807) is 20.1 Å². The molecule has 2 aromatic carbocycles. The van der Waals surface area contributed by atoms with E-state index in [1.807, 2.05) is 25.1 Å². The number of nitrogens with zero attached hydrogens (tertiary/aromatic N) is 3. The maximum Gasteiger partial charge on any atom is 0.264 e. The molecule has 2 bridgehead atoms. The summed E-state index contributed by atoms with van der Waals surface area (Å²) in [7, 11) is -5.23. The van der Waals surface area contributed by atoms with E-state index < -0.39 is 36.6 Å². The molecule has 1 N–H and O–H groups in total. The maximum absolute atomic E-state index is 13.7. The fourth-order valence-corrected chi connectivity index (χ4v) is 11.7. The number of hydrogen-bond acceptors (Lipinski definition) is 10. The predicted octanol–water partition coefficient (Wildman–Crippen LogP) is 4.93. The Hall–Kier alpha value is -2.68. The normalized spacial score (nSPS) is 32.3. The minimum atomic E-state index is -3.99. The number of ether oxygens (including phenoxy) is 2. The number of nitrogens with one attached hydrogen (secondary N) is 1. The molecule has 14 heteroatoms. The Bertz CT molecular complexity index is 2000. The molecular weight excluding hydrogens is 760 g/mol. The van der Waals surface area contributed by atoms with E-state index in [0.29, 0.717) is 38.4 Å². The molecule has 1 spiro atoms. The summed E-state index contributed by atoms with van der Waals surface area (Å²) in [6.45, 7) is 9.84. The Morgan fingerprint density at radius 3 is 2.53 bits per heavy atom. The lowest BCUT2D eigenvalue weighted by Crippen LogP contribution is -2.59. The fraction of sp³-hybridized carbons (Fsp3) is 0.634. The second kappa shape index (κ2) is 15.9. The van der Waals surface area contributed by atoms with Gasteiger partial charge in [-0.05, 0) is 105 Å². The van der Waals surface area contributed by atoms with Crippen LogP contribution in [-0.2, 0) is 36.4 Å². The van der Waals surface area contributed by atoms with Crippen molar-refractivity contribution in [2.75, 3.05) is 83.0 Å². The third-order valence-corrected chi connectivity index (χ3v) is 16.4. The minimum absolute atomic E-state index is 0.157. The van der Waals surface area contributed by atoms with Crippen LogP contribution in [0.15, 0.2) is 48.6 Å². The van der Waals surface area contributed by atoms with Crippen molar-refractivity contribution in [2.45, 2.75) is 68.6 Å². The Kier molecular flexibility index (Phi) is 11.7. The minimum Gasteiger partial charge on any atom is -0.490 e. The van der Waals surface area contributed by atoms with E-state index in [2.05, 4.69) is 43.7 Å². The summed E-state index contributed by atoms with van der Waals surface area (Å²) in [6.07, 6.45) is 11.0. The molecule has 1 saturated heterocycles. The van der Waals surface area contributed by atoms with Gasteiger partial charge in [-0.25, -0.2) is 21.6 Å². The maximum atomic E-state index is 13.7. The number of sulfonamides is 1. The van der Waals surface area contributed by atoms with Gasteiger partial charge < -0.3 is 14.4 Å². The first-order valence-electron chi connectivity index (χ1n) is 19.8. The standard InChI is InChI=1S/C41H57ClN4O7S2/c1-29-7-5-16-41(52-3,27-45-19-17-44(18-20-45)21-22-54(4,48)49)36-12-9-33(36)25-46-26-40(15-6-8-31-23-34(42)11-13-35(31)40)28-53-38-14-10-32(24-37(38)46)39(47)43-55(50,51)30(29)2/h5,10-11,13-14,16,23-24,29-30,33,36H,6-9,12,15,17-22,25-28H2,1-4H3,(H,43,47)/b16-5+/t29-,30+,33-,36+,40-,41-/m0/s1. The third kappa shape index (κ3) is 8.62. The Morgan fingerprint density at radius 2 is 1.82 bits per heavy atom. The molecule has 55 heavy (non-hydrogen) atoms. The number of hydrogen-bond donors (Lipinski definition) is 1. The van der Waals surface area contributed by atoms with Gasteiger partial charge in [0.15, 0.2) is 0 Å². The van der Waals surface area contributed by atoms with Gasteiger partial charge in [0.2, 0.25) is 10.0 Å². The van der Waals surface area contributed by atoms with E-state index in [9.17, 15) is 21.6 Å². The molecule has 11 nitrogen and oxygen atoms in total. The number of methoxy groups -OCH3 is 1. The number of aryl methyl sites for hydroxylation is 1. The van der Waals surface area contributed by atoms with Gasteiger partial charge in [-0.15, -0.1) is 0 Å². The molecule has 7 rings (SSSR count). The topological polar surface area (TPSA) is 126 Å². The van der Waals surface area contributed by atoms with Gasteiger partial charge in [-0.3, -0.25) is 14.6 Å². The highest BCUT2D eigenvalue weighted by Crippen LogP contribution is 2.49. The molecule has 2 aromatic rings. The first-order valence-corrected chi connectivity index (χ1v) is 23.8. The van der Waals surface area contributed by atoms with Crippen LogP contribution in [0.4, 0.5) is 5.69 Å². The molecule has 3 heterocycles. The average Bonchev–Trinajstić information content (AvgIpc) is 3.28. The lowest BCUT2D eigenvalue weighted by molar-refractivity contribution is -0.0953. The molecule has 302 valence electrons. The van der Waals surface area contributed by atoms with Gasteiger partial charge in [0.1, 0.15) is 21.2 Å². The van der Waals surface area contributed by atoms with Crippen LogP contribution in [0.2, 0.25) is 5.02 Å². The number of amides is 1. The fourth-order valence-electron chi connectivity index (χ4n) is 9.62. The molecule has 2 aliphatic carbocycles. The van der Waals surface area contributed by atoms with E-state index >= 15 is 0 Å². The Balaban J connectivity index is 1.25. The van der Waals surface area contributed by atoms with Gasteiger partial charge in [-0.2, -0.15) is 0 Å². The monoisotopic (exact) mass is 816 g/mol. The average molecular weight is 818 g/mol. The second-order valence-corrected chi connectivity index (χ2v) is 21.7. The third-order valence-electron chi connectivity index (χ3n) is 13.3. The van der Waals surface area contributed by atoms with Crippen LogP contribution >= 0.6 is 11.6 Å². The number of fused-ring (bicyclic) bond motifs is 4. The van der Waals surface area contributed by atoms with Gasteiger partial charge in [0, 0.05) is 81.7 Å². The molecule has 1 amide bonds. The van der Waals surface area contributed by atoms with Crippen LogP contribution in [-0.4, -0.2) is 121 Å². The number of halogens is 1. The van der Waals surface area contributed by atoms with Crippen molar-refractivity contribution < 1.29 is 31.1 Å². The zero-order valence-electron chi connectivity index (χ0n) is 32.6. The van der Waals surface area contributed by atoms with Gasteiger partial charge >= 0.3 is 0 Å². The van der Waals surface area contributed by atoms with Crippen molar-refractivity contribution >= 4 is 43.1 Å². The van der Waals surface area contributed by atoms with Crippen LogP contribution in [0.3, 0.4) is 0 Å². The zero-order chi connectivity index (χ0) is 39.2. The van der Waals surface area contributed by atoms with Crippen LogP contribution in [0.25, 0.3) is 0 Å². The van der Waals surface area contributed by atoms with E-state index in [1.165, 1.54) is 17.4 Å². The SMILES string of the molecule is CO[C@]1(CN2CCN(CCS(C)(=O)=O)CC2)/C=C/C[C@H](C)[C@@H](C)S(=O)(=O)NC(=O)c2ccc3c(c2)N(C[C@@H]2CC[C@H]21)C[C@@]1(CCCc2cc(Cl)ccc21)CO3. The lowest BCUT2D eigenvalue weighted by atomic mass is 9.63. The van der Waals surface area contributed by atoms with Crippen molar-refractivity contribution in [1.82, 2.24) is 14.5 Å². The number of carbonyl (C=O) groups excluding carboxylic acids is 1.